The summed E-state index contributed by atoms with van der Waals surface area (Å²) in [7, 11) is 0. The Balaban J connectivity index is 1.31. The number of thiazole rings is 1. The molecular weight excluding hydrogens is 460 g/mol. The summed E-state index contributed by atoms with van der Waals surface area (Å²) in [6.07, 6.45) is 0. The number of amides is 1. The first-order valence-corrected chi connectivity index (χ1v) is 11.6. The largest absolute Gasteiger partial charge is 0.351 e. The highest BCUT2D eigenvalue weighted by Gasteiger charge is 2.22. The van der Waals surface area contributed by atoms with Crippen LogP contribution >= 0.6 is 11.3 Å². The van der Waals surface area contributed by atoms with Gasteiger partial charge in [0.05, 0.1) is 31.7 Å². The van der Waals surface area contributed by atoms with Crippen molar-refractivity contribution in [2.24, 2.45) is 0 Å². The molecule has 0 unspecified atom stereocenters. The molecule has 1 amide bonds. The molecule has 2 heterocycles. The summed E-state index contributed by atoms with van der Waals surface area (Å²) < 4.78 is 1.22. The van der Waals surface area contributed by atoms with E-state index in [0.717, 1.165) is 55.0 Å². The molecule has 4 rings (SSSR count). The maximum atomic E-state index is 12.4. The Morgan fingerprint density at radius 1 is 1.03 bits per heavy atom. The summed E-state index contributed by atoms with van der Waals surface area (Å²) in [5.74, 6) is -0.578. The second-order valence-corrected chi connectivity index (χ2v) is 9.19. The van der Waals surface area contributed by atoms with Crippen molar-refractivity contribution in [1.29, 1.82) is 0 Å². The normalized spacial score (nSPS) is 14.4. The molecule has 1 saturated heterocycles. The van der Waals surface area contributed by atoms with Crippen LogP contribution in [0.3, 0.4) is 0 Å². The van der Waals surface area contributed by atoms with Crippen molar-refractivity contribution >= 4 is 44.0 Å². The molecule has 3 aromatic rings. The maximum Gasteiger partial charge on any atom is 0.277 e. The van der Waals surface area contributed by atoms with Crippen LogP contribution in [0.1, 0.15) is 21.5 Å². The summed E-state index contributed by atoms with van der Waals surface area (Å²) in [6.45, 7) is 8.37. The minimum Gasteiger partial charge on any atom is -0.351 e. The van der Waals surface area contributed by atoms with Crippen molar-refractivity contribution in [1.82, 2.24) is 15.2 Å². The van der Waals surface area contributed by atoms with Crippen LogP contribution < -0.4 is 10.2 Å². The number of anilines is 1. The van der Waals surface area contributed by atoms with E-state index in [1.54, 1.807) is 11.3 Å². The van der Waals surface area contributed by atoms with Crippen LogP contribution in [-0.2, 0) is 0 Å². The van der Waals surface area contributed by atoms with Crippen molar-refractivity contribution < 1.29 is 14.6 Å². The number of aryl methyl sites for hydroxylation is 2. The standard InChI is InChI=1S/C22H24N6O5S/c1-14-3-4-15(2)20-19(14)24-22(34-20)26-9-7-25(8-10-26)6-5-23-21(29)16-11-17(27(30)31)13-18(12-16)28(32)33/h3-4,11-13H,5-10H2,1-2H3,(H,23,29). The number of piperazine rings is 1. The number of non-ortho nitro benzene ring substituents is 2. The van der Waals surface area contributed by atoms with Gasteiger partial charge in [0, 0.05) is 51.4 Å². The number of nitro groups is 2. The fourth-order valence-corrected chi connectivity index (χ4v) is 5.08. The summed E-state index contributed by atoms with van der Waals surface area (Å²) in [4.78, 5) is 42.3. The third-order valence-electron chi connectivity index (χ3n) is 5.87. The van der Waals surface area contributed by atoms with Gasteiger partial charge >= 0.3 is 0 Å². The Morgan fingerprint density at radius 2 is 1.65 bits per heavy atom. The molecule has 0 bridgehead atoms. The molecular formula is C22H24N6O5S. The molecule has 0 aliphatic carbocycles. The average Bonchev–Trinajstić information content (AvgIpc) is 3.28. The van der Waals surface area contributed by atoms with Crippen molar-refractivity contribution in [3.05, 3.63) is 67.3 Å². The van der Waals surface area contributed by atoms with E-state index < -0.39 is 27.1 Å². The Bertz CT molecular complexity index is 1200. The van der Waals surface area contributed by atoms with Gasteiger partial charge in [-0.25, -0.2) is 4.98 Å². The molecule has 1 aliphatic rings. The zero-order chi connectivity index (χ0) is 24.4. The third kappa shape index (κ3) is 4.97. The van der Waals surface area contributed by atoms with Crippen molar-refractivity contribution in [2.75, 3.05) is 44.2 Å². The fraction of sp³-hybridized carbons (Fsp3) is 0.364. The van der Waals surface area contributed by atoms with Crippen LogP contribution in [-0.4, -0.2) is 64.9 Å². The minimum atomic E-state index is -0.753. The van der Waals surface area contributed by atoms with Gasteiger partial charge in [0.2, 0.25) is 0 Å². The van der Waals surface area contributed by atoms with E-state index in [-0.39, 0.29) is 5.56 Å². The number of nitro benzene ring substituents is 2. The summed E-state index contributed by atoms with van der Waals surface area (Å²) in [5, 5.41) is 25.8. The van der Waals surface area contributed by atoms with E-state index >= 15 is 0 Å². The Morgan fingerprint density at radius 3 is 2.24 bits per heavy atom. The van der Waals surface area contributed by atoms with Crippen molar-refractivity contribution in [3.63, 3.8) is 0 Å². The van der Waals surface area contributed by atoms with Crippen molar-refractivity contribution in [2.45, 2.75) is 13.8 Å². The van der Waals surface area contributed by atoms with Gasteiger partial charge in [-0.3, -0.25) is 29.9 Å². The number of fused-ring (bicyclic) bond motifs is 1. The highest BCUT2D eigenvalue weighted by Crippen LogP contribution is 2.33. The Kier molecular flexibility index (Phi) is 6.70. The smallest absolute Gasteiger partial charge is 0.277 e. The molecule has 1 aromatic heterocycles. The molecule has 0 spiro atoms. The lowest BCUT2D eigenvalue weighted by Gasteiger charge is -2.34. The first kappa shape index (κ1) is 23.5. The predicted octanol–water partition coefficient (Wildman–Crippen LogP) is 3.28. The lowest BCUT2D eigenvalue weighted by Crippen LogP contribution is -2.48. The number of hydrogen-bond donors (Lipinski definition) is 1. The minimum absolute atomic E-state index is 0.104. The zero-order valence-corrected chi connectivity index (χ0v) is 19.6. The first-order chi connectivity index (χ1) is 16.2. The van der Waals surface area contributed by atoms with Gasteiger partial charge in [-0.15, -0.1) is 0 Å². The number of rotatable bonds is 7. The molecule has 11 nitrogen and oxygen atoms in total. The summed E-state index contributed by atoms with van der Waals surface area (Å²) in [5.41, 5.74) is 2.38. The van der Waals surface area contributed by atoms with Crippen molar-refractivity contribution in [3.8, 4) is 0 Å². The number of benzene rings is 2. The van der Waals surface area contributed by atoms with Crippen LogP contribution in [0, 0.1) is 34.1 Å². The van der Waals surface area contributed by atoms with Crippen LogP contribution in [0.5, 0.6) is 0 Å². The van der Waals surface area contributed by atoms with E-state index in [1.165, 1.54) is 15.8 Å². The number of nitrogens with zero attached hydrogens (tertiary/aromatic N) is 5. The average molecular weight is 485 g/mol. The van der Waals surface area contributed by atoms with Gasteiger partial charge in [0.1, 0.15) is 0 Å². The number of carbonyl (C=O) groups excluding carboxylic acids is 1. The van der Waals surface area contributed by atoms with E-state index in [1.807, 2.05) is 0 Å². The molecule has 0 saturated carbocycles. The monoisotopic (exact) mass is 484 g/mol. The lowest BCUT2D eigenvalue weighted by atomic mass is 10.1. The number of carbonyl (C=O) groups is 1. The van der Waals surface area contributed by atoms with E-state index in [2.05, 4.69) is 41.1 Å². The van der Waals surface area contributed by atoms with Gasteiger partial charge in [0.15, 0.2) is 5.13 Å². The van der Waals surface area contributed by atoms with Crippen LogP contribution in [0.2, 0.25) is 0 Å². The highest BCUT2D eigenvalue weighted by molar-refractivity contribution is 7.22. The second-order valence-electron chi connectivity index (χ2n) is 8.21. The van der Waals surface area contributed by atoms with E-state index in [9.17, 15) is 25.0 Å². The number of aromatic nitrogens is 1. The molecule has 2 aromatic carbocycles. The van der Waals surface area contributed by atoms with Gasteiger partial charge in [-0.05, 0) is 25.0 Å². The Labute approximate surface area is 199 Å². The number of nitrogens with one attached hydrogen (secondary N) is 1. The maximum absolute atomic E-state index is 12.4. The lowest BCUT2D eigenvalue weighted by molar-refractivity contribution is -0.394. The molecule has 1 N–H and O–H groups in total. The Hall–Kier alpha value is -3.64. The van der Waals surface area contributed by atoms with Crippen LogP contribution in [0.15, 0.2) is 30.3 Å². The fourth-order valence-electron chi connectivity index (χ4n) is 3.91. The topological polar surface area (TPSA) is 135 Å². The van der Waals surface area contributed by atoms with Crippen LogP contribution in [0.25, 0.3) is 10.2 Å². The quantitative estimate of drug-likeness (QED) is 0.399. The second kappa shape index (κ2) is 9.69. The molecule has 34 heavy (non-hydrogen) atoms. The third-order valence-corrected chi connectivity index (χ3v) is 7.13. The highest BCUT2D eigenvalue weighted by atomic mass is 32.1. The van der Waals surface area contributed by atoms with E-state index in [4.69, 9.17) is 4.98 Å². The van der Waals surface area contributed by atoms with Gasteiger partial charge < -0.3 is 10.2 Å². The van der Waals surface area contributed by atoms with Gasteiger partial charge in [-0.1, -0.05) is 23.5 Å². The molecule has 1 fully saturated rings. The van der Waals surface area contributed by atoms with Gasteiger partial charge in [-0.2, -0.15) is 0 Å². The molecule has 0 atom stereocenters. The molecule has 12 heteroatoms. The SMILES string of the molecule is Cc1ccc(C)c2sc(N3CCN(CCNC(=O)c4cc([N+](=O)[O-])cc([N+](=O)[O-])c4)CC3)nc12. The molecule has 1 aliphatic heterocycles. The number of hydrogen-bond acceptors (Lipinski definition) is 9. The predicted molar refractivity (Wildman–Crippen MR) is 130 cm³/mol. The van der Waals surface area contributed by atoms with Gasteiger partial charge in [0.25, 0.3) is 17.3 Å². The molecule has 178 valence electrons. The first-order valence-electron chi connectivity index (χ1n) is 10.8. The zero-order valence-electron chi connectivity index (χ0n) is 18.8. The summed E-state index contributed by atoms with van der Waals surface area (Å²) in [6, 6.07) is 7.15. The molecule has 0 radical (unpaired) electrons. The summed E-state index contributed by atoms with van der Waals surface area (Å²) >= 11 is 1.71. The van der Waals surface area contributed by atoms with E-state index in [0.29, 0.717) is 13.1 Å². The van der Waals surface area contributed by atoms with Crippen LogP contribution in [0.4, 0.5) is 16.5 Å².